The van der Waals surface area contributed by atoms with Gasteiger partial charge < -0.3 is 9.64 Å². The van der Waals surface area contributed by atoms with Crippen LogP contribution in [0.3, 0.4) is 0 Å². The molecule has 3 nitrogen and oxygen atoms in total. The van der Waals surface area contributed by atoms with E-state index < -0.39 is 5.82 Å². The van der Waals surface area contributed by atoms with Crippen LogP contribution in [0.25, 0.3) is 6.08 Å². The van der Waals surface area contributed by atoms with Gasteiger partial charge in [0.1, 0.15) is 11.6 Å². The van der Waals surface area contributed by atoms with E-state index in [0.29, 0.717) is 16.9 Å². The molecule has 2 rings (SSSR count). The second-order valence-electron chi connectivity index (χ2n) is 5.52. The van der Waals surface area contributed by atoms with Gasteiger partial charge in [-0.2, -0.15) is 0 Å². The molecule has 0 bridgehead atoms. The molecule has 0 radical (unpaired) electrons. The summed E-state index contributed by atoms with van der Waals surface area (Å²) in [6.07, 6.45) is 2.87. The van der Waals surface area contributed by atoms with Gasteiger partial charge in [-0.1, -0.05) is 18.2 Å². The van der Waals surface area contributed by atoms with E-state index in [0.717, 1.165) is 12.1 Å². The van der Waals surface area contributed by atoms with Gasteiger partial charge in [-0.15, -0.1) is 0 Å². The normalized spacial score (nSPS) is 11.2. The van der Waals surface area contributed by atoms with E-state index in [2.05, 4.69) is 0 Å². The van der Waals surface area contributed by atoms with Gasteiger partial charge in [-0.3, -0.25) is 4.79 Å². The summed E-state index contributed by atoms with van der Waals surface area (Å²) in [5, 5.41) is 0. The minimum absolute atomic E-state index is 0.152. The van der Waals surface area contributed by atoms with Crippen LogP contribution in [0.5, 0.6) is 5.75 Å². The van der Waals surface area contributed by atoms with Gasteiger partial charge in [0.05, 0.1) is 7.11 Å². The highest BCUT2D eigenvalue weighted by atomic mass is 19.1. The monoisotopic (exact) mass is 313 g/mol. The predicted molar refractivity (Wildman–Crippen MR) is 90.1 cm³/mol. The summed E-state index contributed by atoms with van der Waals surface area (Å²) >= 11 is 0. The SMILES string of the molecule is COc1ccc(C=CC(=O)c2cccc(CN(C)C)c2)c(F)c1. The lowest BCUT2D eigenvalue weighted by molar-refractivity contribution is 0.104. The van der Waals surface area contributed by atoms with Crippen LogP contribution < -0.4 is 4.74 Å². The smallest absolute Gasteiger partial charge is 0.185 e. The number of halogens is 1. The quantitative estimate of drug-likeness (QED) is 0.600. The molecule has 0 aliphatic carbocycles. The third-order valence-corrected chi connectivity index (χ3v) is 3.33. The fourth-order valence-corrected chi connectivity index (χ4v) is 2.22. The van der Waals surface area contributed by atoms with Crippen LogP contribution in [0.1, 0.15) is 21.5 Å². The van der Waals surface area contributed by atoms with Crippen molar-refractivity contribution in [1.82, 2.24) is 4.90 Å². The van der Waals surface area contributed by atoms with Crippen molar-refractivity contribution in [2.45, 2.75) is 6.54 Å². The molecule has 0 spiro atoms. The molecule has 2 aromatic carbocycles. The van der Waals surface area contributed by atoms with Crippen LogP contribution in [0.4, 0.5) is 4.39 Å². The summed E-state index contributed by atoms with van der Waals surface area (Å²) in [7, 11) is 5.43. The van der Waals surface area contributed by atoms with Gasteiger partial charge in [-0.25, -0.2) is 4.39 Å². The number of allylic oxidation sites excluding steroid dienone is 1. The molecule has 0 fully saturated rings. The number of nitrogens with zero attached hydrogens (tertiary/aromatic N) is 1. The van der Waals surface area contributed by atoms with Crippen LogP contribution in [-0.4, -0.2) is 31.9 Å². The van der Waals surface area contributed by atoms with Crippen LogP contribution in [0, 0.1) is 5.82 Å². The first-order chi connectivity index (χ1) is 11.0. The second-order valence-corrected chi connectivity index (χ2v) is 5.52. The van der Waals surface area contributed by atoms with E-state index in [9.17, 15) is 9.18 Å². The van der Waals surface area contributed by atoms with Gasteiger partial charge in [0.15, 0.2) is 5.78 Å². The van der Waals surface area contributed by atoms with Crippen molar-refractivity contribution in [3.8, 4) is 5.75 Å². The van der Waals surface area contributed by atoms with E-state index in [-0.39, 0.29) is 5.78 Å². The molecule has 23 heavy (non-hydrogen) atoms. The lowest BCUT2D eigenvalue weighted by Crippen LogP contribution is -2.11. The molecular formula is C19H20FNO2. The lowest BCUT2D eigenvalue weighted by Gasteiger charge is -2.10. The average Bonchev–Trinajstić information content (AvgIpc) is 2.53. The Labute approximate surface area is 136 Å². The third-order valence-electron chi connectivity index (χ3n) is 3.33. The van der Waals surface area contributed by atoms with Crippen LogP contribution in [-0.2, 0) is 6.54 Å². The summed E-state index contributed by atoms with van der Waals surface area (Å²) in [5.74, 6) is -0.127. The minimum Gasteiger partial charge on any atom is -0.497 e. The zero-order chi connectivity index (χ0) is 16.8. The highest BCUT2D eigenvalue weighted by Crippen LogP contribution is 2.18. The Hall–Kier alpha value is -2.46. The molecule has 4 heteroatoms. The Morgan fingerprint density at radius 3 is 2.65 bits per heavy atom. The number of ether oxygens (including phenoxy) is 1. The molecule has 0 unspecified atom stereocenters. The van der Waals surface area contributed by atoms with E-state index in [1.807, 2.05) is 37.2 Å². The molecule has 0 amide bonds. The summed E-state index contributed by atoms with van der Waals surface area (Å²) in [4.78, 5) is 14.3. The van der Waals surface area contributed by atoms with Crippen molar-refractivity contribution in [3.05, 3.63) is 71.0 Å². The number of hydrogen-bond acceptors (Lipinski definition) is 3. The van der Waals surface area contributed by atoms with Crippen molar-refractivity contribution in [2.75, 3.05) is 21.2 Å². The topological polar surface area (TPSA) is 29.5 Å². The number of hydrogen-bond donors (Lipinski definition) is 0. The van der Waals surface area contributed by atoms with E-state index in [1.165, 1.54) is 25.3 Å². The van der Waals surface area contributed by atoms with Crippen molar-refractivity contribution in [2.24, 2.45) is 0 Å². The number of methoxy groups -OCH3 is 1. The van der Waals surface area contributed by atoms with Gasteiger partial charge in [0, 0.05) is 23.7 Å². The molecule has 0 saturated carbocycles. The zero-order valence-electron chi connectivity index (χ0n) is 13.5. The van der Waals surface area contributed by atoms with Crippen molar-refractivity contribution < 1.29 is 13.9 Å². The summed E-state index contributed by atoms with van der Waals surface area (Å²) in [6.45, 7) is 0.762. The molecule has 2 aromatic rings. The van der Waals surface area contributed by atoms with Crippen LogP contribution in [0.15, 0.2) is 48.5 Å². The maximum absolute atomic E-state index is 13.8. The van der Waals surface area contributed by atoms with Crippen molar-refractivity contribution in [1.29, 1.82) is 0 Å². The first kappa shape index (κ1) is 16.9. The summed E-state index contributed by atoms with van der Waals surface area (Å²) in [6, 6.07) is 12.0. The molecule has 0 aromatic heterocycles. The Balaban J connectivity index is 2.15. The highest BCUT2D eigenvalue weighted by molar-refractivity contribution is 6.06. The Morgan fingerprint density at radius 1 is 1.22 bits per heavy atom. The minimum atomic E-state index is -0.422. The predicted octanol–water partition coefficient (Wildman–Crippen LogP) is 3.79. The molecule has 0 aliphatic rings. The summed E-state index contributed by atoms with van der Waals surface area (Å²) in [5.41, 5.74) is 2.00. The average molecular weight is 313 g/mol. The van der Waals surface area contributed by atoms with Gasteiger partial charge >= 0.3 is 0 Å². The van der Waals surface area contributed by atoms with Gasteiger partial charge in [0.25, 0.3) is 0 Å². The summed E-state index contributed by atoms with van der Waals surface area (Å²) < 4.78 is 18.8. The fraction of sp³-hybridized carbons (Fsp3) is 0.211. The molecular weight excluding hydrogens is 293 g/mol. The largest absolute Gasteiger partial charge is 0.497 e. The van der Waals surface area contributed by atoms with E-state index in [1.54, 1.807) is 18.2 Å². The first-order valence-corrected chi connectivity index (χ1v) is 7.29. The number of benzene rings is 2. The van der Waals surface area contributed by atoms with E-state index in [4.69, 9.17) is 4.74 Å². The first-order valence-electron chi connectivity index (χ1n) is 7.29. The standard InChI is InChI=1S/C19H20FNO2/c1-21(2)13-14-5-4-6-16(11-14)19(22)10-8-15-7-9-17(23-3)12-18(15)20/h4-12H,13H2,1-3H3. The molecule has 120 valence electrons. The molecule has 0 heterocycles. The maximum Gasteiger partial charge on any atom is 0.185 e. The third kappa shape index (κ3) is 4.76. The fourth-order valence-electron chi connectivity index (χ4n) is 2.22. The maximum atomic E-state index is 13.8. The Morgan fingerprint density at radius 2 is 2.00 bits per heavy atom. The number of ketones is 1. The second kappa shape index (κ2) is 7.70. The van der Waals surface area contributed by atoms with Crippen LogP contribution >= 0.6 is 0 Å². The van der Waals surface area contributed by atoms with Gasteiger partial charge in [0.2, 0.25) is 0 Å². The Bertz CT molecular complexity index is 723. The van der Waals surface area contributed by atoms with Crippen molar-refractivity contribution >= 4 is 11.9 Å². The molecule has 0 aliphatic heterocycles. The van der Waals surface area contributed by atoms with Gasteiger partial charge in [-0.05, 0) is 50.0 Å². The highest BCUT2D eigenvalue weighted by Gasteiger charge is 2.05. The van der Waals surface area contributed by atoms with E-state index >= 15 is 0 Å². The molecule has 0 N–H and O–H groups in total. The number of carbonyl (C=O) groups is 1. The Kier molecular flexibility index (Phi) is 5.66. The molecule has 0 saturated heterocycles. The lowest BCUT2D eigenvalue weighted by atomic mass is 10.1. The zero-order valence-corrected chi connectivity index (χ0v) is 13.5. The van der Waals surface area contributed by atoms with Crippen LogP contribution in [0.2, 0.25) is 0 Å². The van der Waals surface area contributed by atoms with Crippen molar-refractivity contribution in [3.63, 3.8) is 0 Å². The number of rotatable bonds is 6. The molecule has 0 atom stereocenters. The number of carbonyl (C=O) groups excluding carboxylic acids is 1.